The molecule has 0 saturated heterocycles. The van der Waals surface area contributed by atoms with E-state index in [9.17, 15) is 4.79 Å². The van der Waals surface area contributed by atoms with Crippen LogP contribution in [0.4, 0.5) is 5.69 Å². The van der Waals surface area contributed by atoms with E-state index in [1.807, 2.05) is 32.0 Å². The van der Waals surface area contributed by atoms with E-state index in [1.54, 1.807) is 11.3 Å². The minimum absolute atomic E-state index is 0.0874. The fraction of sp³-hybridized carbons (Fsp3) is 0.353. The van der Waals surface area contributed by atoms with Crippen LogP contribution in [-0.4, -0.2) is 15.9 Å². The first kappa shape index (κ1) is 16.1. The lowest BCUT2D eigenvalue weighted by Crippen LogP contribution is -2.11. The quantitative estimate of drug-likeness (QED) is 0.737. The molecule has 6 heteroatoms. The minimum atomic E-state index is -0.0874. The number of carbonyl (C=O) groups excluding carboxylic acids is 1. The summed E-state index contributed by atoms with van der Waals surface area (Å²) < 4.78 is 1.09. The topological polar surface area (TPSA) is 54.9 Å². The van der Waals surface area contributed by atoms with E-state index >= 15 is 0 Å². The first-order valence-corrected chi connectivity index (χ1v) is 9.20. The average molecular weight is 345 g/mol. The molecule has 2 aromatic heterocycles. The maximum absolute atomic E-state index is 12.5. The lowest BCUT2D eigenvalue weighted by molar-refractivity contribution is 0.103. The van der Waals surface area contributed by atoms with E-state index in [1.165, 1.54) is 11.3 Å². The number of anilines is 1. The maximum Gasteiger partial charge on any atom is 0.267 e. The smallest absolute Gasteiger partial charge is 0.267 e. The Kier molecular flexibility index (Phi) is 4.46. The summed E-state index contributed by atoms with van der Waals surface area (Å²) in [5.74, 6) is 0.448. The average Bonchev–Trinajstić information content (AvgIpc) is 2.99. The van der Waals surface area contributed by atoms with Gasteiger partial charge < -0.3 is 5.32 Å². The highest BCUT2D eigenvalue weighted by atomic mass is 32.1. The molecule has 1 N–H and O–H groups in total. The fourth-order valence-corrected chi connectivity index (χ4v) is 4.44. The first-order valence-electron chi connectivity index (χ1n) is 7.57. The number of nitrogens with zero attached hydrogens (tertiary/aromatic N) is 2. The van der Waals surface area contributed by atoms with Crippen LogP contribution < -0.4 is 5.32 Å². The first-order chi connectivity index (χ1) is 10.9. The fourth-order valence-electron chi connectivity index (χ4n) is 2.40. The zero-order chi connectivity index (χ0) is 16.6. The van der Waals surface area contributed by atoms with Gasteiger partial charge in [0, 0.05) is 12.1 Å². The summed E-state index contributed by atoms with van der Waals surface area (Å²) in [5, 5.41) is 5.03. The predicted molar refractivity (Wildman–Crippen MR) is 97.7 cm³/mol. The molecule has 0 bridgehead atoms. The van der Waals surface area contributed by atoms with Crippen molar-refractivity contribution in [1.29, 1.82) is 0 Å². The highest BCUT2D eigenvalue weighted by molar-refractivity contribution is 7.18. The number of carbonyl (C=O) groups is 1. The second-order valence-electron chi connectivity index (χ2n) is 5.99. The summed E-state index contributed by atoms with van der Waals surface area (Å²) in [7, 11) is 0. The van der Waals surface area contributed by atoms with Crippen LogP contribution in [0.5, 0.6) is 0 Å². The van der Waals surface area contributed by atoms with Crippen LogP contribution in [0.3, 0.4) is 0 Å². The van der Waals surface area contributed by atoms with Crippen molar-refractivity contribution < 1.29 is 4.79 Å². The molecule has 0 aliphatic heterocycles. The van der Waals surface area contributed by atoms with Crippen LogP contribution >= 0.6 is 22.7 Å². The van der Waals surface area contributed by atoms with Gasteiger partial charge in [-0.05, 0) is 38.0 Å². The van der Waals surface area contributed by atoms with Crippen molar-refractivity contribution >= 4 is 44.5 Å². The molecule has 1 aromatic carbocycles. The molecule has 0 saturated carbocycles. The Morgan fingerprint density at radius 2 is 2.00 bits per heavy atom. The van der Waals surface area contributed by atoms with Crippen LogP contribution in [0.1, 0.15) is 39.2 Å². The van der Waals surface area contributed by atoms with Crippen LogP contribution in [-0.2, 0) is 6.42 Å². The number of rotatable bonds is 4. The lowest BCUT2D eigenvalue weighted by atomic mass is 10.1. The molecular weight excluding hydrogens is 326 g/mol. The Bertz CT molecular complexity index is 864. The number of amides is 1. The van der Waals surface area contributed by atoms with Crippen LogP contribution in [0.2, 0.25) is 0 Å². The molecule has 3 aromatic rings. The Balaban J connectivity index is 1.81. The zero-order valence-corrected chi connectivity index (χ0v) is 15.3. The number of hydrogen-bond acceptors (Lipinski definition) is 5. The maximum atomic E-state index is 12.5. The van der Waals surface area contributed by atoms with Gasteiger partial charge in [0.2, 0.25) is 0 Å². The van der Waals surface area contributed by atoms with E-state index in [4.69, 9.17) is 0 Å². The van der Waals surface area contributed by atoms with Gasteiger partial charge in [0.05, 0.1) is 25.9 Å². The number of aryl methyl sites for hydroxylation is 2. The van der Waals surface area contributed by atoms with Crippen molar-refractivity contribution in [3.63, 3.8) is 0 Å². The van der Waals surface area contributed by atoms with Crippen molar-refractivity contribution in [1.82, 2.24) is 9.97 Å². The molecule has 23 heavy (non-hydrogen) atoms. The molecule has 0 fully saturated rings. The lowest BCUT2D eigenvalue weighted by Gasteiger charge is -2.03. The molecule has 0 aliphatic rings. The van der Waals surface area contributed by atoms with E-state index in [-0.39, 0.29) is 5.91 Å². The van der Waals surface area contributed by atoms with E-state index < -0.39 is 0 Å². The highest BCUT2D eigenvalue weighted by Crippen LogP contribution is 2.26. The second-order valence-corrected chi connectivity index (χ2v) is 8.31. The van der Waals surface area contributed by atoms with E-state index in [0.717, 1.165) is 38.0 Å². The van der Waals surface area contributed by atoms with Gasteiger partial charge in [0.1, 0.15) is 4.88 Å². The van der Waals surface area contributed by atoms with Crippen LogP contribution in [0, 0.1) is 19.8 Å². The van der Waals surface area contributed by atoms with E-state index in [0.29, 0.717) is 10.8 Å². The second kappa shape index (κ2) is 6.37. The molecular formula is C17H19N3OS2. The molecule has 0 radical (unpaired) electrons. The molecule has 3 rings (SSSR count). The van der Waals surface area contributed by atoms with Gasteiger partial charge in [-0.1, -0.05) is 13.8 Å². The summed E-state index contributed by atoms with van der Waals surface area (Å²) in [5.41, 5.74) is 2.57. The number of fused-ring (bicyclic) bond motifs is 1. The summed E-state index contributed by atoms with van der Waals surface area (Å²) in [6, 6.07) is 5.81. The summed E-state index contributed by atoms with van der Waals surface area (Å²) in [6.07, 6.45) is 0.908. The zero-order valence-electron chi connectivity index (χ0n) is 13.6. The van der Waals surface area contributed by atoms with Crippen molar-refractivity contribution in [3.05, 3.63) is 38.8 Å². The van der Waals surface area contributed by atoms with Gasteiger partial charge >= 0.3 is 0 Å². The van der Waals surface area contributed by atoms with Crippen LogP contribution in [0.15, 0.2) is 18.2 Å². The summed E-state index contributed by atoms with van der Waals surface area (Å²) in [6.45, 7) is 8.19. The highest BCUT2D eigenvalue weighted by Gasteiger charge is 2.16. The van der Waals surface area contributed by atoms with Crippen molar-refractivity contribution in [2.45, 2.75) is 34.1 Å². The molecule has 0 unspecified atom stereocenters. The molecule has 0 aliphatic carbocycles. The molecule has 2 heterocycles. The summed E-state index contributed by atoms with van der Waals surface area (Å²) in [4.78, 5) is 22.2. The number of aromatic nitrogens is 2. The monoisotopic (exact) mass is 345 g/mol. The molecule has 1 amide bonds. The van der Waals surface area contributed by atoms with Crippen molar-refractivity contribution in [2.75, 3.05) is 5.32 Å². The third kappa shape index (κ3) is 3.59. The van der Waals surface area contributed by atoms with E-state index in [2.05, 4.69) is 29.1 Å². The molecule has 4 nitrogen and oxygen atoms in total. The Morgan fingerprint density at radius 1 is 1.22 bits per heavy atom. The van der Waals surface area contributed by atoms with Crippen molar-refractivity contribution in [2.24, 2.45) is 5.92 Å². The van der Waals surface area contributed by atoms with Gasteiger partial charge in [-0.3, -0.25) is 4.79 Å². The minimum Gasteiger partial charge on any atom is -0.321 e. The molecule has 120 valence electrons. The van der Waals surface area contributed by atoms with Gasteiger partial charge in [-0.25, -0.2) is 9.97 Å². The molecule has 0 spiro atoms. The number of hydrogen-bond donors (Lipinski definition) is 1. The number of nitrogens with one attached hydrogen (secondary N) is 1. The Labute approximate surface area is 143 Å². The largest absolute Gasteiger partial charge is 0.321 e. The van der Waals surface area contributed by atoms with Gasteiger partial charge in [-0.15, -0.1) is 22.7 Å². The third-order valence-electron chi connectivity index (χ3n) is 3.38. The van der Waals surface area contributed by atoms with Crippen LogP contribution in [0.25, 0.3) is 10.2 Å². The number of thiazole rings is 2. The molecule has 0 atom stereocenters. The summed E-state index contributed by atoms with van der Waals surface area (Å²) >= 11 is 3.12. The normalized spacial score (nSPS) is 11.3. The third-order valence-corrected chi connectivity index (χ3v) is 5.50. The standard InChI is InChI=1S/C17H19N3OS2/c1-9(2)7-15-18-10(3)16(23-15)17(21)20-12-5-6-13-14(8-12)22-11(4)19-13/h5-6,8-9H,7H2,1-4H3,(H,20,21). The van der Waals surface area contributed by atoms with Gasteiger partial charge in [0.25, 0.3) is 5.91 Å². The van der Waals surface area contributed by atoms with Gasteiger partial charge in [0.15, 0.2) is 0 Å². The van der Waals surface area contributed by atoms with Crippen molar-refractivity contribution in [3.8, 4) is 0 Å². The predicted octanol–water partition coefficient (Wildman–Crippen LogP) is 4.82. The number of benzene rings is 1. The Morgan fingerprint density at radius 3 is 2.74 bits per heavy atom. The van der Waals surface area contributed by atoms with Gasteiger partial charge in [-0.2, -0.15) is 0 Å². The Hall–Kier alpha value is -1.79. The SMILES string of the molecule is Cc1nc2ccc(NC(=O)c3sc(CC(C)C)nc3C)cc2s1.